The predicted molar refractivity (Wildman–Crippen MR) is 76.5 cm³/mol. The normalized spacial score (nSPS) is 25.6. The van der Waals surface area contributed by atoms with E-state index in [2.05, 4.69) is 10.3 Å². The van der Waals surface area contributed by atoms with Crippen molar-refractivity contribution in [2.24, 2.45) is 10.9 Å². The van der Waals surface area contributed by atoms with Crippen LogP contribution in [0, 0.1) is 5.92 Å². The average Bonchev–Trinajstić information content (AvgIpc) is 2.78. The van der Waals surface area contributed by atoms with Crippen LogP contribution in [0.5, 0.6) is 0 Å². The number of aliphatic imine (C=N–C) groups is 1. The van der Waals surface area contributed by atoms with Crippen LogP contribution in [-0.2, 0) is 14.3 Å². The molecule has 1 N–H and O–H groups in total. The van der Waals surface area contributed by atoms with Crippen molar-refractivity contribution in [2.45, 2.75) is 38.3 Å². The van der Waals surface area contributed by atoms with Crippen LogP contribution in [0.2, 0.25) is 0 Å². The molecule has 0 bridgehead atoms. The first-order chi connectivity index (χ1) is 9.06. The Kier molecular flexibility index (Phi) is 4.73. The van der Waals surface area contributed by atoms with Gasteiger partial charge in [0.25, 0.3) is 0 Å². The van der Waals surface area contributed by atoms with Crippen molar-refractivity contribution in [3.8, 4) is 0 Å². The molecule has 2 rings (SSSR count). The Morgan fingerprint density at radius 3 is 2.74 bits per heavy atom. The van der Waals surface area contributed by atoms with Crippen LogP contribution < -0.4 is 5.32 Å². The first-order valence-corrected chi connectivity index (χ1v) is 7.69. The molecule has 0 aromatic rings. The zero-order valence-corrected chi connectivity index (χ0v) is 12.6. The van der Waals surface area contributed by atoms with Crippen LogP contribution in [0.15, 0.2) is 4.99 Å². The van der Waals surface area contributed by atoms with Gasteiger partial charge in [0.05, 0.1) is 12.6 Å². The zero-order valence-electron chi connectivity index (χ0n) is 11.8. The lowest BCUT2D eigenvalue weighted by Crippen LogP contribution is -2.48. The van der Waals surface area contributed by atoms with Gasteiger partial charge in [-0.05, 0) is 18.8 Å². The molecule has 1 spiro atoms. The van der Waals surface area contributed by atoms with E-state index in [-0.39, 0.29) is 17.4 Å². The molecular weight excluding hydrogens is 264 g/mol. The van der Waals surface area contributed by atoms with Crippen LogP contribution >= 0.6 is 11.8 Å². The van der Waals surface area contributed by atoms with Gasteiger partial charge < -0.3 is 14.8 Å². The minimum atomic E-state index is -0.421. The molecule has 5 nitrogen and oxygen atoms in total. The lowest BCUT2D eigenvalue weighted by Gasteiger charge is -2.32. The molecule has 1 unspecified atom stereocenters. The summed E-state index contributed by atoms with van der Waals surface area (Å²) in [5.41, 5.74) is 0.111. The van der Waals surface area contributed by atoms with E-state index in [0.29, 0.717) is 0 Å². The summed E-state index contributed by atoms with van der Waals surface area (Å²) in [5, 5.41) is 4.36. The molecule has 0 saturated carbocycles. The third-order valence-corrected chi connectivity index (χ3v) is 4.82. The maximum absolute atomic E-state index is 11.7. The number of carbonyl (C=O) groups is 1. The van der Waals surface area contributed by atoms with E-state index in [9.17, 15) is 4.79 Å². The largest absolute Gasteiger partial charge is 0.467 e. The number of nitrogens with zero attached hydrogens (tertiary/aromatic N) is 1. The molecule has 2 aliphatic rings. The minimum absolute atomic E-state index is 0.111. The highest BCUT2D eigenvalue weighted by Gasteiger charge is 2.39. The van der Waals surface area contributed by atoms with Crippen molar-refractivity contribution < 1.29 is 14.3 Å². The maximum Gasteiger partial charge on any atom is 0.330 e. The molecule has 0 aromatic carbocycles. The van der Waals surface area contributed by atoms with Crippen molar-refractivity contribution in [1.29, 1.82) is 0 Å². The second-order valence-corrected chi connectivity index (χ2v) is 6.42. The zero-order chi connectivity index (χ0) is 13.9. The summed E-state index contributed by atoms with van der Waals surface area (Å²) in [4.78, 5) is 16.3. The van der Waals surface area contributed by atoms with Gasteiger partial charge in [-0.15, -0.1) is 0 Å². The Morgan fingerprint density at radius 1 is 1.47 bits per heavy atom. The molecule has 0 amide bonds. The topological polar surface area (TPSA) is 59.9 Å². The molecule has 2 heterocycles. The van der Waals surface area contributed by atoms with Crippen LogP contribution in [0.4, 0.5) is 0 Å². The number of rotatable bonds is 3. The molecule has 2 fully saturated rings. The monoisotopic (exact) mass is 286 g/mol. The molecule has 0 aliphatic carbocycles. The molecule has 1 atom stereocenters. The van der Waals surface area contributed by atoms with Crippen molar-refractivity contribution >= 4 is 22.9 Å². The number of hydrogen-bond donors (Lipinski definition) is 1. The number of ether oxygens (including phenoxy) is 2. The van der Waals surface area contributed by atoms with E-state index in [1.165, 1.54) is 7.11 Å². The van der Waals surface area contributed by atoms with E-state index in [4.69, 9.17) is 9.47 Å². The van der Waals surface area contributed by atoms with Gasteiger partial charge in [-0.3, -0.25) is 0 Å². The van der Waals surface area contributed by atoms with Gasteiger partial charge in [0.2, 0.25) is 0 Å². The van der Waals surface area contributed by atoms with Gasteiger partial charge in [-0.2, -0.15) is 0 Å². The van der Waals surface area contributed by atoms with Crippen molar-refractivity contribution in [3.63, 3.8) is 0 Å². The summed E-state index contributed by atoms with van der Waals surface area (Å²) < 4.78 is 10.2. The van der Waals surface area contributed by atoms with Gasteiger partial charge in [-0.25, -0.2) is 9.79 Å². The Labute approximate surface area is 118 Å². The van der Waals surface area contributed by atoms with E-state index >= 15 is 0 Å². The second kappa shape index (κ2) is 6.13. The van der Waals surface area contributed by atoms with Gasteiger partial charge in [0, 0.05) is 19.0 Å². The first-order valence-electron chi connectivity index (χ1n) is 6.71. The first kappa shape index (κ1) is 14.7. The summed E-state index contributed by atoms with van der Waals surface area (Å²) in [7, 11) is 1.41. The number of nitrogens with one attached hydrogen (secondary N) is 1. The summed E-state index contributed by atoms with van der Waals surface area (Å²) in [6.45, 7) is 5.56. The molecule has 0 aromatic heterocycles. The van der Waals surface area contributed by atoms with Gasteiger partial charge in [0.1, 0.15) is 0 Å². The fourth-order valence-electron chi connectivity index (χ4n) is 2.33. The summed E-state index contributed by atoms with van der Waals surface area (Å²) in [6.07, 6.45) is 2.01. The highest BCUT2D eigenvalue weighted by atomic mass is 32.2. The second-order valence-electron chi connectivity index (χ2n) is 5.45. The van der Waals surface area contributed by atoms with Crippen LogP contribution in [0.3, 0.4) is 0 Å². The molecule has 108 valence electrons. The maximum atomic E-state index is 11.7. The molecule has 2 aliphatic heterocycles. The number of methoxy groups -OCH3 is 1. The Hall–Kier alpha value is -0.750. The van der Waals surface area contributed by atoms with Gasteiger partial charge in [0.15, 0.2) is 11.2 Å². The average molecular weight is 286 g/mol. The molecular formula is C13H22N2O3S. The highest BCUT2D eigenvalue weighted by molar-refractivity contribution is 8.14. The number of esters is 1. The third-order valence-electron chi connectivity index (χ3n) is 3.64. The van der Waals surface area contributed by atoms with Crippen molar-refractivity contribution in [2.75, 3.05) is 26.1 Å². The Morgan fingerprint density at radius 2 is 2.16 bits per heavy atom. The summed E-state index contributed by atoms with van der Waals surface area (Å²) in [5.74, 6) is 0.868. The lowest BCUT2D eigenvalue weighted by atomic mass is 9.93. The smallest absolute Gasteiger partial charge is 0.330 e. The molecule has 19 heavy (non-hydrogen) atoms. The van der Waals surface area contributed by atoms with Crippen LogP contribution in [-0.4, -0.2) is 48.8 Å². The van der Waals surface area contributed by atoms with E-state index < -0.39 is 6.04 Å². The molecule has 6 heteroatoms. The number of carbonyl (C=O) groups excluding carboxylic acids is 1. The van der Waals surface area contributed by atoms with Crippen LogP contribution in [0.25, 0.3) is 0 Å². The summed E-state index contributed by atoms with van der Waals surface area (Å²) in [6, 6.07) is -0.421. The number of thioether (sulfide) groups is 1. The Balaban J connectivity index is 2.05. The summed E-state index contributed by atoms with van der Waals surface area (Å²) >= 11 is 1.70. The lowest BCUT2D eigenvalue weighted by molar-refractivity contribution is -0.143. The number of amidine groups is 1. The van der Waals surface area contributed by atoms with Crippen molar-refractivity contribution in [3.05, 3.63) is 0 Å². The number of hydrogen-bond acceptors (Lipinski definition) is 5. The standard InChI is InChI=1S/C13H22N2O3S/c1-9(2)10(11(16)17-3)14-12-15-13(8-19-12)4-6-18-7-5-13/h9-10H,4-8H2,1-3H3,(H,14,15). The van der Waals surface area contributed by atoms with Gasteiger partial charge in [-0.1, -0.05) is 25.6 Å². The SMILES string of the molecule is COC(=O)C(N=C1NC2(CCOCC2)CS1)C(C)C. The third kappa shape index (κ3) is 3.42. The predicted octanol–water partition coefficient (Wildman–Crippen LogP) is 1.43. The minimum Gasteiger partial charge on any atom is -0.467 e. The molecule has 2 saturated heterocycles. The fraction of sp³-hybridized carbons (Fsp3) is 0.846. The van der Waals surface area contributed by atoms with E-state index in [0.717, 1.165) is 37.0 Å². The fourth-order valence-corrected chi connectivity index (χ4v) is 3.58. The van der Waals surface area contributed by atoms with E-state index in [1.807, 2.05) is 13.8 Å². The highest BCUT2D eigenvalue weighted by Crippen LogP contribution is 2.32. The molecule has 0 radical (unpaired) electrons. The van der Waals surface area contributed by atoms with Crippen molar-refractivity contribution in [1.82, 2.24) is 5.32 Å². The van der Waals surface area contributed by atoms with E-state index in [1.54, 1.807) is 11.8 Å². The quantitative estimate of drug-likeness (QED) is 0.795. The van der Waals surface area contributed by atoms with Gasteiger partial charge >= 0.3 is 5.97 Å². The van der Waals surface area contributed by atoms with Crippen LogP contribution in [0.1, 0.15) is 26.7 Å². The Bertz CT molecular complexity index is 365.